The number of amides is 3. The number of rotatable bonds is 2. The number of hydrogen-bond donors (Lipinski definition) is 0. The van der Waals surface area contributed by atoms with Gasteiger partial charge in [0.2, 0.25) is 11.8 Å². The summed E-state index contributed by atoms with van der Waals surface area (Å²) in [5.41, 5.74) is 0.969. The summed E-state index contributed by atoms with van der Waals surface area (Å²) in [6.45, 7) is 4.87. The number of piperidine rings is 1. The minimum atomic E-state index is -0.103. The van der Waals surface area contributed by atoms with Crippen molar-refractivity contribution in [2.24, 2.45) is 5.92 Å². The molecule has 0 atom stereocenters. The first-order valence-electron chi connectivity index (χ1n) is 9.33. The first-order chi connectivity index (χ1) is 13.0. The van der Waals surface area contributed by atoms with Gasteiger partial charge in [0.05, 0.1) is 11.6 Å². The molecule has 2 aliphatic rings. The van der Waals surface area contributed by atoms with E-state index in [0.717, 1.165) is 0 Å². The molecule has 2 fully saturated rings. The molecule has 3 amide bonds. The summed E-state index contributed by atoms with van der Waals surface area (Å²) in [6.07, 6.45) is 1.41. The van der Waals surface area contributed by atoms with Crippen LogP contribution in [-0.4, -0.2) is 71.7 Å². The summed E-state index contributed by atoms with van der Waals surface area (Å²) in [5.74, 6) is 0.0643. The molecule has 0 saturated carbocycles. The average Bonchev–Trinajstić information content (AvgIpc) is 2.73. The van der Waals surface area contributed by atoms with Gasteiger partial charge in [0.1, 0.15) is 0 Å². The summed E-state index contributed by atoms with van der Waals surface area (Å²) in [7, 11) is 0. The van der Waals surface area contributed by atoms with Crippen LogP contribution in [0.15, 0.2) is 24.3 Å². The summed E-state index contributed by atoms with van der Waals surface area (Å²) in [4.78, 5) is 42.1. The molecule has 2 aliphatic heterocycles. The van der Waals surface area contributed by atoms with E-state index in [0.29, 0.717) is 63.2 Å². The largest absolute Gasteiger partial charge is 0.343 e. The molecule has 0 spiro atoms. The fourth-order valence-corrected chi connectivity index (χ4v) is 3.73. The van der Waals surface area contributed by atoms with Crippen LogP contribution in [0.2, 0.25) is 0 Å². The van der Waals surface area contributed by atoms with E-state index in [-0.39, 0.29) is 23.6 Å². The number of carbonyl (C=O) groups is 3. The standard InChI is InChI=1S/C20H24N4O3/c1-15(25)22-7-5-17(6-8-22)19(26)23-9-11-24(12-10-23)20(27)18-4-2-3-16(13-18)14-21/h2-4,13,17H,5-12H2,1H3. The molecule has 0 unspecified atom stereocenters. The maximum Gasteiger partial charge on any atom is 0.254 e. The zero-order valence-corrected chi connectivity index (χ0v) is 15.6. The van der Waals surface area contributed by atoms with E-state index >= 15 is 0 Å². The van der Waals surface area contributed by atoms with Gasteiger partial charge in [-0.1, -0.05) is 6.07 Å². The van der Waals surface area contributed by atoms with Crippen LogP contribution in [0.1, 0.15) is 35.7 Å². The van der Waals surface area contributed by atoms with Gasteiger partial charge >= 0.3 is 0 Å². The zero-order valence-electron chi connectivity index (χ0n) is 15.6. The average molecular weight is 368 g/mol. The lowest BCUT2D eigenvalue weighted by atomic mass is 9.95. The molecule has 0 aliphatic carbocycles. The fraction of sp³-hybridized carbons (Fsp3) is 0.500. The van der Waals surface area contributed by atoms with E-state index in [4.69, 9.17) is 5.26 Å². The number of likely N-dealkylation sites (tertiary alicyclic amines) is 1. The molecule has 142 valence electrons. The maximum atomic E-state index is 12.7. The Labute approximate surface area is 159 Å². The fourth-order valence-electron chi connectivity index (χ4n) is 3.73. The van der Waals surface area contributed by atoms with Gasteiger partial charge in [-0.3, -0.25) is 14.4 Å². The smallest absolute Gasteiger partial charge is 0.254 e. The van der Waals surface area contributed by atoms with Gasteiger partial charge < -0.3 is 14.7 Å². The number of piperazine rings is 1. The quantitative estimate of drug-likeness (QED) is 0.782. The third-order valence-electron chi connectivity index (χ3n) is 5.41. The van der Waals surface area contributed by atoms with Gasteiger partial charge in [-0.05, 0) is 31.0 Å². The molecule has 2 heterocycles. The summed E-state index contributed by atoms with van der Waals surface area (Å²) in [6, 6.07) is 8.74. The van der Waals surface area contributed by atoms with Crippen LogP contribution in [0.5, 0.6) is 0 Å². The van der Waals surface area contributed by atoms with Crippen LogP contribution >= 0.6 is 0 Å². The van der Waals surface area contributed by atoms with Crippen LogP contribution in [0.25, 0.3) is 0 Å². The summed E-state index contributed by atoms with van der Waals surface area (Å²) in [5, 5.41) is 8.98. The maximum absolute atomic E-state index is 12.7. The lowest BCUT2D eigenvalue weighted by Crippen LogP contribution is -2.53. The number of carbonyl (C=O) groups excluding carboxylic acids is 3. The van der Waals surface area contributed by atoms with Crippen LogP contribution < -0.4 is 0 Å². The highest BCUT2D eigenvalue weighted by molar-refractivity contribution is 5.94. The number of nitrogens with zero attached hydrogens (tertiary/aromatic N) is 4. The highest BCUT2D eigenvalue weighted by Gasteiger charge is 2.32. The molecular weight excluding hydrogens is 344 g/mol. The van der Waals surface area contributed by atoms with E-state index in [9.17, 15) is 14.4 Å². The normalized spacial score (nSPS) is 18.1. The Hall–Kier alpha value is -2.88. The van der Waals surface area contributed by atoms with Crippen molar-refractivity contribution in [3.8, 4) is 6.07 Å². The van der Waals surface area contributed by atoms with Gasteiger partial charge in [0, 0.05) is 57.7 Å². The molecular formula is C20H24N4O3. The Balaban J connectivity index is 1.53. The van der Waals surface area contributed by atoms with E-state index in [1.165, 1.54) is 0 Å². The lowest BCUT2D eigenvalue weighted by molar-refractivity contribution is -0.141. The Bertz CT molecular complexity index is 770. The number of nitriles is 1. The van der Waals surface area contributed by atoms with Gasteiger partial charge in [-0.2, -0.15) is 5.26 Å². The molecule has 0 bridgehead atoms. The minimum absolute atomic E-state index is 0.0323. The molecule has 7 nitrogen and oxygen atoms in total. The van der Waals surface area contributed by atoms with Crippen LogP contribution in [0.4, 0.5) is 0 Å². The molecule has 1 aromatic rings. The Kier molecular flexibility index (Phi) is 5.75. The Morgan fingerprint density at radius 2 is 1.59 bits per heavy atom. The number of benzene rings is 1. The number of hydrogen-bond acceptors (Lipinski definition) is 4. The van der Waals surface area contributed by atoms with Crippen molar-refractivity contribution >= 4 is 17.7 Å². The predicted octanol–water partition coefficient (Wildman–Crippen LogP) is 1.10. The molecule has 27 heavy (non-hydrogen) atoms. The van der Waals surface area contributed by atoms with Crippen molar-refractivity contribution in [1.29, 1.82) is 5.26 Å². The van der Waals surface area contributed by atoms with Crippen molar-refractivity contribution in [2.75, 3.05) is 39.3 Å². The van der Waals surface area contributed by atoms with Crippen molar-refractivity contribution < 1.29 is 14.4 Å². The molecule has 2 saturated heterocycles. The van der Waals surface area contributed by atoms with Gasteiger partial charge in [0.15, 0.2) is 0 Å². The van der Waals surface area contributed by atoms with Crippen LogP contribution in [0, 0.1) is 17.2 Å². The molecule has 3 rings (SSSR count). The zero-order chi connectivity index (χ0) is 19.4. The van der Waals surface area contributed by atoms with Crippen molar-refractivity contribution in [3.63, 3.8) is 0 Å². The SMILES string of the molecule is CC(=O)N1CCC(C(=O)N2CCN(C(=O)c3cccc(C#N)c3)CC2)CC1. The monoisotopic (exact) mass is 368 g/mol. The van der Waals surface area contributed by atoms with E-state index in [1.807, 2.05) is 11.0 Å². The third kappa shape index (κ3) is 4.27. The minimum Gasteiger partial charge on any atom is -0.343 e. The Morgan fingerprint density at radius 3 is 2.19 bits per heavy atom. The van der Waals surface area contributed by atoms with Gasteiger partial charge in [0.25, 0.3) is 5.91 Å². The molecule has 1 aromatic carbocycles. The van der Waals surface area contributed by atoms with E-state index in [2.05, 4.69) is 0 Å². The van der Waals surface area contributed by atoms with Crippen LogP contribution in [0.3, 0.4) is 0 Å². The second-order valence-electron chi connectivity index (χ2n) is 7.09. The molecule has 7 heteroatoms. The summed E-state index contributed by atoms with van der Waals surface area (Å²) >= 11 is 0. The highest BCUT2D eigenvalue weighted by Crippen LogP contribution is 2.21. The molecule has 0 radical (unpaired) electrons. The second kappa shape index (κ2) is 8.21. The highest BCUT2D eigenvalue weighted by atomic mass is 16.2. The lowest BCUT2D eigenvalue weighted by Gasteiger charge is -2.38. The Morgan fingerprint density at radius 1 is 0.963 bits per heavy atom. The van der Waals surface area contributed by atoms with Crippen molar-refractivity contribution in [3.05, 3.63) is 35.4 Å². The van der Waals surface area contributed by atoms with Crippen molar-refractivity contribution in [2.45, 2.75) is 19.8 Å². The predicted molar refractivity (Wildman–Crippen MR) is 98.6 cm³/mol. The van der Waals surface area contributed by atoms with E-state index in [1.54, 1.807) is 41.0 Å². The second-order valence-corrected chi connectivity index (χ2v) is 7.09. The topological polar surface area (TPSA) is 84.7 Å². The first-order valence-corrected chi connectivity index (χ1v) is 9.33. The molecule has 0 aromatic heterocycles. The van der Waals surface area contributed by atoms with Gasteiger partial charge in [-0.25, -0.2) is 0 Å². The van der Waals surface area contributed by atoms with E-state index < -0.39 is 0 Å². The van der Waals surface area contributed by atoms with Crippen LogP contribution in [-0.2, 0) is 9.59 Å². The molecule has 0 N–H and O–H groups in total. The first kappa shape index (κ1) is 18.9. The van der Waals surface area contributed by atoms with Crippen molar-refractivity contribution in [1.82, 2.24) is 14.7 Å². The summed E-state index contributed by atoms with van der Waals surface area (Å²) < 4.78 is 0. The third-order valence-corrected chi connectivity index (χ3v) is 5.41. The van der Waals surface area contributed by atoms with Gasteiger partial charge in [-0.15, -0.1) is 0 Å².